The van der Waals surface area contributed by atoms with Crippen molar-refractivity contribution < 1.29 is 4.79 Å². The number of amides is 1. The first kappa shape index (κ1) is 19.4. The molecule has 32 heavy (non-hydrogen) atoms. The molecule has 0 saturated carbocycles. The number of hydrogen-bond donors (Lipinski definition) is 2. The zero-order valence-electron chi connectivity index (χ0n) is 17.4. The van der Waals surface area contributed by atoms with Crippen LogP contribution in [-0.4, -0.2) is 25.8 Å². The van der Waals surface area contributed by atoms with Crippen LogP contribution in [0, 0.1) is 6.92 Å². The average molecular weight is 420 g/mol. The van der Waals surface area contributed by atoms with Crippen molar-refractivity contribution >= 4 is 28.6 Å². The monoisotopic (exact) mass is 420 g/mol. The van der Waals surface area contributed by atoms with Gasteiger partial charge in [0, 0.05) is 22.6 Å². The Bertz CT molecular complexity index is 1440. The summed E-state index contributed by atoms with van der Waals surface area (Å²) in [6.07, 6.45) is 0. The third kappa shape index (κ3) is 3.67. The highest BCUT2D eigenvalue weighted by molar-refractivity contribution is 5.93. The molecule has 5 rings (SSSR count). The first-order valence-electron chi connectivity index (χ1n) is 10.1. The molecule has 0 spiro atoms. The van der Waals surface area contributed by atoms with Crippen LogP contribution in [0.5, 0.6) is 0 Å². The second-order valence-corrected chi connectivity index (χ2v) is 7.44. The number of fused-ring (bicyclic) bond motifs is 1. The summed E-state index contributed by atoms with van der Waals surface area (Å²) in [6, 6.07) is 26.5. The van der Waals surface area contributed by atoms with E-state index in [1.807, 2.05) is 85.8 Å². The molecular formula is C25H20N6O. The summed E-state index contributed by atoms with van der Waals surface area (Å²) in [5.41, 5.74) is 9.92. The van der Waals surface area contributed by atoms with Gasteiger partial charge in [-0.05, 0) is 25.1 Å². The van der Waals surface area contributed by atoms with E-state index in [0.29, 0.717) is 23.2 Å². The minimum atomic E-state index is -0.687. The molecule has 156 valence electrons. The fourth-order valence-corrected chi connectivity index (χ4v) is 3.59. The number of para-hydroxylation sites is 1. The van der Waals surface area contributed by atoms with Crippen LogP contribution >= 0.6 is 0 Å². The summed E-state index contributed by atoms with van der Waals surface area (Å²) in [5, 5.41) is 8.50. The van der Waals surface area contributed by atoms with Gasteiger partial charge in [0.25, 0.3) is 0 Å². The number of rotatable bonds is 4. The molecule has 0 aliphatic heterocycles. The van der Waals surface area contributed by atoms with E-state index in [4.69, 9.17) is 15.7 Å². The van der Waals surface area contributed by atoms with Crippen LogP contribution in [0.3, 0.4) is 0 Å². The lowest BCUT2D eigenvalue weighted by Crippen LogP contribution is -2.22. The number of nitrogens with zero attached hydrogens (tertiary/aromatic N) is 4. The first-order valence-corrected chi connectivity index (χ1v) is 10.1. The first-order chi connectivity index (χ1) is 15.6. The summed E-state index contributed by atoms with van der Waals surface area (Å²) in [5.74, 6) is 1.57. The summed E-state index contributed by atoms with van der Waals surface area (Å²) < 4.78 is 1.15. The Morgan fingerprint density at radius 1 is 0.875 bits per heavy atom. The molecule has 0 fully saturated rings. The fourth-order valence-electron chi connectivity index (χ4n) is 3.59. The number of hydrogen-bond acceptors (Lipinski definition) is 5. The van der Waals surface area contributed by atoms with Gasteiger partial charge >= 0.3 is 6.03 Å². The van der Waals surface area contributed by atoms with E-state index in [0.717, 1.165) is 32.3 Å². The molecule has 1 amide bonds. The van der Waals surface area contributed by atoms with Crippen molar-refractivity contribution in [3.05, 3.63) is 90.5 Å². The largest absolute Gasteiger partial charge is 0.350 e. The zero-order chi connectivity index (χ0) is 22.1. The Morgan fingerprint density at radius 2 is 1.62 bits per heavy atom. The van der Waals surface area contributed by atoms with Crippen LogP contribution in [0.15, 0.2) is 84.9 Å². The Hall–Kier alpha value is -4.52. The molecule has 2 heterocycles. The zero-order valence-corrected chi connectivity index (χ0v) is 17.4. The van der Waals surface area contributed by atoms with Crippen LogP contribution in [0.2, 0.25) is 0 Å². The van der Waals surface area contributed by atoms with E-state index in [1.54, 1.807) is 6.07 Å². The topological polar surface area (TPSA) is 98.7 Å². The number of nitrogens with one attached hydrogen (secondary N) is 1. The third-order valence-corrected chi connectivity index (χ3v) is 5.11. The summed E-state index contributed by atoms with van der Waals surface area (Å²) in [7, 11) is 0. The van der Waals surface area contributed by atoms with Gasteiger partial charge < -0.3 is 11.1 Å². The molecule has 0 unspecified atom stereocenters. The van der Waals surface area contributed by atoms with Crippen LogP contribution in [0.4, 0.5) is 16.4 Å². The van der Waals surface area contributed by atoms with Crippen molar-refractivity contribution in [2.24, 2.45) is 5.73 Å². The lowest BCUT2D eigenvalue weighted by atomic mass is 10.1. The van der Waals surface area contributed by atoms with Gasteiger partial charge in [0.15, 0.2) is 5.82 Å². The quantitative estimate of drug-likeness (QED) is 0.419. The summed E-state index contributed by atoms with van der Waals surface area (Å²) in [4.78, 5) is 21.6. The molecule has 3 aromatic carbocycles. The Balaban J connectivity index is 1.63. The number of nitrogens with two attached hydrogens (primary N) is 1. The second kappa shape index (κ2) is 7.96. The highest BCUT2D eigenvalue weighted by Crippen LogP contribution is 2.29. The number of aryl methyl sites for hydroxylation is 1. The van der Waals surface area contributed by atoms with Crippen LogP contribution in [0.1, 0.15) is 5.56 Å². The maximum atomic E-state index is 12.1. The number of aromatic nitrogens is 4. The maximum absolute atomic E-state index is 12.1. The van der Waals surface area contributed by atoms with E-state index in [2.05, 4.69) is 10.4 Å². The minimum absolute atomic E-state index is 0.428. The molecule has 7 nitrogen and oxygen atoms in total. The van der Waals surface area contributed by atoms with Gasteiger partial charge in [0.05, 0.1) is 11.2 Å². The van der Waals surface area contributed by atoms with Crippen molar-refractivity contribution in [2.75, 3.05) is 5.32 Å². The van der Waals surface area contributed by atoms with Gasteiger partial charge in [-0.1, -0.05) is 66.2 Å². The molecule has 5 aromatic rings. The third-order valence-electron chi connectivity index (χ3n) is 5.11. The molecule has 0 atom stereocenters. The van der Waals surface area contributed by atoms with Gasteiger partial charge in [0.1, 0.15) is 11.6 Å². The number of primary amides is 1. The molecule has 7 heteroatoms. The van der Waals surface area contributed by atoms with E-state index >= 15 is 0 Å². The predicted octanol–water partition coefficient (Wildman–Crippen LogP) is 5.14. The fraction of sp³-hybridized carbons (Fsp3) is 0.0400. The van der Waals surface area contributed by atoms with Gasteiger partial charge in [-0.15, -0.1) is 0 Å². The molecule has 3 N–H and O–H groups in total. The number of anilines is 2. The number of benzene rings is 3. The SMILES string of the molecule is Cc1cccc(-c2cc(Nc3nc(-c4ccccc4)nc4ccccc34)n(C(N)=O)n2)c1. The Kier molecular flexibility index (Phi) is 4.84. The highest BCUT2D eigenvalue weighted by Gasteiger charge is 2.16. The highest BCUT2D eigenvalue weighted by atomic mass is 16.2. The van der Waals surface area contributed by atoms with E-state index < -0.39 is 6.03 Å². The number of carbonyl (C=O) groups is 1. The van der Waals surface area contributed by atoms with Crippen molar-refractivity contribution in [3.63, 3.8) is 0 Å². The van der Waals surface area contributed by atoms with Crippen molar-refractivity contribution in [2.45, 2.75) is 6.92 Å². The lowest BCUT2D eigenvalue weighted by molar-refractivity contribution is 0.248. The van der Waals surface area contributed by atoms with Gasteiger partial charge in [-0.3, -0.25) is 0 Å². The standard InChI is InChI=1S/C25H20N6O/c1-16-8-7-11-18(14-16)21-15-22(31(30-21)25(26)32)28-24-19-12-5-6-13-20(19)27-23(29-24)17-9-3-2-4-10-17/h2-15H,1H3,(H2,26,32)(H,27,28,29). The maximum Gasteiger partial charge on any atom is 0.341 e. The molecule has 0 bridgehead atoms. The Labute approximate surface area is 184 Å². The van der Waals surface area contributed by atoms with Crippen LogP contribution in [0.25, 0.3) is 33.5 Å². The summed E-state index contributed by atoms with van der Waals surface area (Å²) >= 11 is 0. The van der Waals surface area contributed by atoms with E-state index in [-0.39, 0.29) is 0 Å². The van der Waals surface area contributed by atoms with Gasteiger partial charge in [-0.25, -0.2) is 14.8 Å². The van der Waals surface area contributed by atoms with Crippen molar-refractivity contribution in [1.29, 1.82) is 0 Å². The molecule has 0 aliphatic carbocycles. The van der Waals surface area contributed by atoms with Gasteiger partial charge in [-0.2, -0.15) is 9.78 Å². The molecule has 0 saturated heterocycles. The van der Waals surface area contributed by atoms with Crippen molar-refractivity contribution in [1.82, 2.24) is 19.7 Å². The van der Waals surface area contributed by atoms with E-state index in [9.17, 15) is 4.79 Å². The predicted molar refractivity (Wildman–Crippen MR) is 126 cm³/mol. The normalized spacial score (nSPS) is 10.9. The Morgan fingerprint density at radius 3 is 2.41 bits per heavy atom. The van der Waals surface area contributed by atoms with Crippen molar-refractivity contribution in [3.8, 4) is 22.6 Å². The molecule has 2 aromatic heterocycles. The minimum Gasteiger partial charge on any atom is -0.350 e. The molecular weight excluding hydrogens is 400 g/mol. The summed E-state index contributed by atoms with van der Waals surface area (Å²) in [6.45, 7) is 2.01. The smallest absolute Gasteiger partial charge is 0.341 e. The van der Waals surface area contributed by atoms with Crippen LogP contribution < -0.4 is 11.1 Å². The molecule has 0 radical (unpaired) electrons. The van der Waals surface area contributed by atoms with E-state index in [1.165, 1.54) is 0 Å². The molecule has 0 aliphatic rings. The average Bonchev–Trinajstić information content (AvgIpc) is 3.24. The lowest BCUT2D eigenvalue weighted by Gasteiger charge is -2.11. The van der Waals surface area contributed by atoms with Gasteiger partial charge in [0.2, 0.25) is 0 Å². The number of carbonyl (C=O) groups excluding carboxylic acids is 1. The van der Waals surface area contributed by atoms with Crippen LogP contribution in [-0.2, 0) is 0 Å². The second-order valence-electron chi connectivity index (χ2n) is 7.44.